The predicted octanol–water partition coefficient (Wildman–Crippen LogP) is 2.11. The zero-order chi connectivity index (χ0) is 12.4. The van der Waals surface area contributed by atoms with Crippen LogP contribution >= 0.6 is 11.6 Å². The summed E-state index contributed by atoms with van der Waals surface area (Å²) in [6, 6.07) is 8.54. The van der Waals surface area contributed by atoms with Crippen molar-refractivity contribution in [1.82, 2.24) is 0 Å². The second kappa shape index (κ2) is 4.73. The molecule has 0 fully saturated rings. The molecule has 0 aliphatic rings. The second-order valence-corrected chi connectivity index (χ2v) is 7.37. The largest absolute Gasteiger partial charge is 0.385 e. The molecule has 0 amide bonds. The standard InChI is InChI=1S/C11H15ClO3S/c1-3-16(14,15)11(2,12)10(13)9-7-5-4-6-8-9/h4-8,10,13H,3H2,1-2H3/t10-,11+/m0/s1. The van der Waals surface area contributed by atoms with Crippen LogP contribution in [0.2, 0.25) is 0 Å². The molecular formula is C11H15ClO3S. The van der Waals surface area contributed by atoms with Crippen molar-refractivity contribution in [3.63, 3.8) is 0 Å². The number of aliphatic hydroxyl groups is 1. The lowest BCUT2D eigenvalue weighted by molar-refractivity contribution is 0.162. The molecule has 1 aromatic rings. The van der Waals surface area contributed by atoms with E-state index in [4.69, 9.17) is 11.6 Å². The van der Waals surface area contributed by atoms with Gasteiger partial charge in [0.2, 0.25) is 0 Å². The van der Waals surface area contributed by atoms with Crippen molar-refractivity contribution in [2.24, 2.45) is 0 Å². The van der Waals surface area contributed by atoms with Crippen LogP contribution in [0.4, 0.5) is 0 Å². The smallest absolute Gasteiger partial charge is 0.172 e. The molecule has 1 aromatic carbocycles. The molecule has 0 aliphatic heterocycles. The van der Waals surface area contributed by atoms with Crippen LogP contribution in [0, 0.1) is 0 Å². The van der Waals surface area contributed by atoms with E-state index in [-0.39, 0.29) is 5.75 Å². The Kier molecular flexibility index (Phi) is 3.99. The van der Waals surface area contributed by atoms with Gasteiger partial charge >= 0.3 is 0 Å². The van der Waals surface area contributed by atoms with Crippen LogP contribution < -0.4 is 0 Å². The zero-order valence-corrected chi connectivity index (χ0v) is 10.8. The third-order valence-corrected chi connectivity index (χ3v) is 5.70. The summed E-state index contributed by atoms with van der Waals surface area (Å²) in [7, 11) is -3.53. The minimum absolute atomic E-state index is 0.100. The van der Waals surface area contributed by atoms with E-state index >= 15 is 0 Å². The van der Waals surface area contributed by atoms with Crippen molar-refractivity contribution in [3.8, 4) is 0 Å². The summed E-state index contributed by atoms with van der Waals surface area (Å²) in [5.41, 5.74) is 0.497. The molecule has 0 aliphatic carbocycles. The van der Waals surface area contributed by atoms with Crippen LogP contribution in [0.25, 0.3) is 0 Å². The molecule has 5 heteroatoms. The third kappa shape index (κ3) is 2.39. The van der Waals surface area contributed by atoms with Crippen molar-refractivity contribution in [2.75, 3.05) is 5.75 Å². The average Bonchev–Trinajstić information content (AvgIpc) is 2.29. The summed E-state index contributed by atoms with van der Waals surface area (Å²) < 4.78 is 21.8. The highest BCUT2D eigenvalue weighted by molar-refractivity contribution is 7.94. The van der Waals surface area contributed by atoms with E-state index in [2.05, 4.69) is 0 Å². The number of alkyl halides is 1. The maximum absolute atomic E-state index is 11.7. The topological polar surface area (TPSA) is 54.4 Å². The quantitative estimate of drug-likeness (QED) is 0.846. The molecule has 0 aromatic heterocycles. The van der Waals surface area contributed by atoms with Crippen molar-refractivity contribution in [1.29, 1.82) is 0 Å². The normalized spacial score (nSPS) is 17.8. The Morgan fingerprint density at radius 1 is 1.38 bits per heavy atom. The fraction of sp³-hybridized carbons (Fsp3) is 0.455. The molecule has 0 saturated carbocycles. The molecule has 90 valence electrons. The highest BCUT2D eigenvalue weighted by atomic mass is 35.5. The number of hydrogen-bond donors (Lipinski definition) is 1. The van der Waals surface area contributed by atoms with Crippen LogP contribution in [-0.2, 0) is 9.84 Å². The summed E-state index contributed by atoms with van der Waals surface area (Å²) >= 11 is 5.98. The lowest BCUT2D eigenvalue weighted by atomic mass is 10.1. The first kappa shape index (κ1) is 13.5. The molecule has 2 atom stereocenters. The predicted molar refractivity (Wildman–Crippen MR) is 65.1 cm³/mol. The van der Waals surface area contributed by atoms with Gasteiger partial charge in [0.1, 0.15) is 6.10 Å². The van der Waals surface area contributed by atoms with Crippen LogP contribution in [0.5, 0.6) is 0 Å². The Morgan fingerprint density at radius 3 is 2.31 bits per heavy atom. The van der Waals surface area contributed by atoms with Crippen molar-refractivity contribution < 1.29 is 13.5 Å². The van der Waals surface area contributed by atoms with Gasteiger partial charge in [-0.3, -0.25) is 0 Å². The highest BCUT2D eigenvalue weighted by Gasteiger charge is 2.43. The van der Waals surface area contributed by atoms with Crippen molar-refractivity contribution in [2.45, 2.75) is 24.2 Å². The maximum Gasteiger partial charge on any atom is 0.172 e. The minimum Gasteiger partial charge on any atom is -0.385 e. The van der Waals surface area contributed by atoms with Crippen molar-refractivity contribution >= 4 is 21.4 Å². The Balaban J connectivity index is 3.11. The summed E-state index contributed by atoms with van der Waals surface area (Å²) in [4.78, 5) is 0. The molecule has 0 spiro atoms. The monoisotopic (exact) mass is 262 g/mol. The fourth-order valence-electron chi connectivity index (χ4n) is 1.39. The average molecular weight is 263 g/mol. The number of halogens is 1. The molecule has 1 rings (SSSR count). The summed E-state index contributed by atoms with van der Waals surface area (Å²) in [6.07, 6.45) is -1.24. The van der Waals surface area contributed by atoms with Crippen molar-refractivity contribution in [3.05, 3.63) is 35.9 Å². The minimum atomic E-state index is -3.53. The Labute approximate surface area is 101 Å². The number of rotatable bonds is 4. The highest BCUT2D eigenvalue weighted by Crippen LogP contribution is 2.36. The van der Waals surface area contributed by atoms with Gasteiger partial charge in [-0.2, -0.15) is 0 Å². The molecule has 1 N–H and O–H groups in total. The zero-order valence-electron chi connectivity index (χ0n) is 9.22. The van der Waals surface area contributed by atoms with Gasteiger partial charge in [-0.05, 0) is 12.5 Å². The van der Waals surface area contributed by atoms with Gasteiger partial charge in [0.15, 0.2) is 14.0 Å². The summed E-state index contributed by atoms with van der Waals surface area (Å²) in [5, 5.41) is 10.0. The molecule has 3 nitrogen and oxygen atoms in total. The van der Waals surface area contributed by atoms with Gasteiger partial charge in [0.05, 0.1) is 0 Å². The van der Waals surface area contributed by atoms with E-state index in [1.165, 1.54) is 13.8 Å². The van der Waals surface area contributed by atoms with Gasteiger partial charge in [0.25, 0.3) is 0 Å². The molecule has 0 saturated heterocycles. The lowest BCUT2D eigenvalue weighted by Gasteiger charge is -2.27. The summed E-state index contributed by atoms with van der Waals surface area (Å²) in [5.74, 6) is -0.100. The number of sulfone groups is 1. The molecule has 0 bridgehead atoms. The number of aliphatic hydroxyl groups excluding tert-OH is 1. The molecule has 0 radical (unpaired) electrons. The molecule has 16 heavy (non-hydrogen) atoms. The van der Waals surface area contributed by atoms with E-state index in [9.17, 15) is 13.5 Å². The maximum atomic E-state index is 11.7. The van der Waals surface area contributed by atoms with Crippen LogP contribution in [0.15, 0.2) is 30.3 Å². The van der Waals surface area contributed by atoms with E-state index in [1.54, 1.807) is 30.3 Å². The second-order valence-electron chi connectivity index (χ2n) is 3.70. The Morgan fingerprint density at radius 2 is 1.88 bits per heavy atom. The van der Waals surface area contributed by atoms with Crippen LogP contribution in [-0.4, -0.2) is 23.5 Å². The first-order valence-corrected chi connectivity index (χ1v) is 7.00. The first-order chi connectivity index (χ1) is 7.33. The van der Waals surface area contributed by atoms with Gasteiger partial charge in [-0.15, -0.1) is 0 Å². The van der Waals surface area contributed by atoms with E-state index in [0.717, 1.165) is 0 Å². The van der Waals surface area contributed by atoms with Gasteiger partial charge in [-0.25, -0.2) is 8.42 Å². The van der Waals surface area contributed by atoms with E-state index < -0.39 is 20.1 Å². The van der Waals surface area contributed by atoms with E-state index in [0.29, 0.717) is 5.56 Å². The molecular weight excluding hydrogens is 248 g/mol. The first-order valence-electron chi connectivity index (χ1n) is 4.97. The van der Waals surface area contributed by atoms with Crippen LogP contribution in [0.3, 0.4) is 0 Å². The number of hydrogen-bond acceptors (Lipinski definition) is 3. The third-order valence-electron chi connectivity index (χ3n) is 2.59. The lowest BCUT2D eigenvalue weighted by Crippen LogP contribution is -2.37. The summed E-state index contributed by atoms with van der Waals surface area (Å²) in [6.45, 7) is 2.83. The Bertz CT molecular complexity index is 440. The Hall–Kier alpha value is -0.580. The van der Waals surface area contributed by atoms with Gasteiger partial charge < -0.3 is 5.11 Å². The molecule has 0 heterocycles. The SMILES string of the molecule is CCS(=O)(=O)[C@@](C)(Cl)[C@@H](O)c1ccccc1. The van der Waals surface area contributed by atoms with Gasteiger partial charge in [0, 0.05) is 5.75 Å². The van der Waals surface area contributed by atoms with Crippen LogP contribution in [0.1, 0.15) is 25.5 Å². The van der Waals surface area contributed by atoms with E-state index in [1.807, 2.05) is 0 Å². The van der Waals surface area contributed by atoms with Gasteiger partial charge in [-0.1, -0.05) is 48.9 Å². The fourth-order valence-corrected chi connectivity index (χ4v) is 2.88. The molecule has 0 unspecified atom stereocenters. The number of benzene rings is 1.